The number of rotatable bonds is 4. The topological polar surface area (TPSA) is 76.7 Å². The second-order valence-electron chi connectivity index (χ2n) is 3.79. The van der Waals surface area contributed by atoms with Crippen LogP contribution in [-0.2, 0) is 0 Å². The molecule has 2 heterocycles. The molecule has 0 fully saturated rings. The standard InChI is InChI=1S/C10H13N5O/c1-7(2)5-12-10-14-9(15-16-10)8-3-4-11-6-13-8/h3-4,6-7H,5H2,1-2H3,(H,12,14,15). The van der Waals surface area contributed by atoms with Crippen molar-refractivity contribution in [3.05, 3.63) is 18.6 Å². The van der Waals surface area contributed by atoms with Crippen molar-refractivity contribution in [2.45, 2.75) is 13.8 Å². The highest BCUT2D eigenvalue weighted by Crippen LogP contribution is 2.13. The first kappa shape index (κ1) is 10.5. The maximum Gasteiger partial charge on any atom is 0.321 e. The SMILES string of the molecule is CC(C)CNc1nc(-c2ccncn2)no1. The Bertz CT molecular complexity index is 439. The summed E-state index contributed by atoms with van der Waals surface area (Å²) in [6.07, 6.45) is 3.09. The van der Waals surface area contributed by atoms with Crippen LogP contribution >= 0.6 is 0 Å². The second-order valence-corrected chi connectivity index (χ2v) is 3.79. The van der Waals surface area contributed by atoms with Crippen LogP contribution in [0.15, 0.2) is 23.1 Å². The zero-order valence-corrected chi connectivity index (χ0v) is 9.21. The van der Waals surface area contributed by atoms with Gasteiger partial charge in [0.15, 0.2) is 0 Å². The van der Waals surface area contributed by atoms with Crippen molar-refractivity contribution in [3.63, 3.8) is 0 Å². The van der Waals surface area contributed by atoms with Crippen LogP contribution < -0.4 is 5.32 Å². The van der Waals surface area contributed by atoms with E-state index in [1.807, 2.05) is 0 Å². The third kappa shape index (κ3) is 2.53. The predicted molar refractivity (Wildman–Crippen MR) is 58.7 cm³/mol. The van der Waals surface area contributed by atoms with Crippen molar-refractivity contribution in [1.29, 1.82) is 0 Å². The van der Waals surface area contributed by atoms with Gasteiger partial charge in [-0.05, 0) is 12.0 Å². The summed E-state index contributed by atoms with van der Waals surface area (Å²) in [5.41, 5.74) is 0.649. The van der Waals surface area contributed by atoms with E-state index in [2.05, 4.69) is 39.3 Å². The summed E-state index contributed by atoms with van der Waals surface area (Å²) in [5, 5.41) is 6.88. The van der Waals surface area contributed by atoms with Crippen LogP contribution in [0, 0.1) is 5.92 Å². The van der Waals surface area contributed by atoms with Gasteiger partial charge in [0.25, 0.3) is 0 Å². The summed E-state index contributed by atoms with van der Waals surface area (Å²) in [7, 11) is 0. The highest BCUT2D eigenvalue weighted by molar-refractivity contribution is 5.48. The molecule has 0 aromatic carbocycles. The fourth-order valence-corrected chi connectivity index (χ4v) is 1.11. The van der Waals surface area contributed by atoms with Crippen molar-refractivity contribution in [2.24, 2.45) is 5.92 Å². The summed E-state index contributed by atoms with van der Waals surface area (Å²) in [5.74, 6) is 0.989. The molecule has 0 unspecified atom stereocenters. The molecule has 0 radical (unpaired) electrons. The van der Waals surface area contributed by atoms with Gasteiger partial charge in [-0.2, -0.15) is 4.98 Å². The average Bonchev–Trinajstić information content (AvgIpc) is 2.76. The summed E-state index contributed by atoms with van der Waals surface area (Å²) in [6.45, 7) is 5.01. The molecule has 84 valence electrons. The summed E-state index contributed by atoms with van der Waals surface area (Å²) >= 11 is 0. The van der Waals surface area contributed by atoms with Crippen molar-refractivity contribution >= 4 is 6.01 Å². The molecule has 1 N–H and O–H groups in total. The Morgan fingerprint density at radius 3 is 3.00 bits per heavy atom. The fraction of sp³-hybridized carbons (Fsp3) is 0.400. The van der Waals surface area contributed by atoms with Crippen LogP contribution in [0.4, 0.5) is 6.01 Å². The second kappa shape index (κ2) is 4.69. The number of hydrogen-bond acceptors (Lipinski definition) is 6. The number of hydrogen-bond donors (Lipinski definition) is 1. The van der Waals surface area contributed by atoms with E-state index in [0.717, 1.165) is 6.54 Å². The van der Waals surface area contributed by atoms with E-state index in [-0.39, 0.29) is 0 Å². The number of aromatic nitrogens is 4. The third-order valence-corrected chi connectivity index (χ3v) is 1.90. The van der Waals surface area contributed by atoms with Crippen molar-refractivity contribution in [3.8, 4) is 11.5 Å². The van der Waals surface area contributed by atoms with Gasteiger partial charge in [-0.15, -0.1) is 0 Å². The van der Waals surface area contributed by atoms with E-state index in [9.17, 15) is 0 Å². The Kier molecular flexibility index (Phi) is 3.09. The Labute approximate surface area is 93.1 Å². The normalized spacial score (nSPS) is 10.7. The Morgan fingerprint density at radius 1 is 1.44 bits per heavy atom. The van der Waals surface area contributed by atoms with E-state index in [4.69, 9.17) is 4.52 Å². The van der Waals surface area contributed by atoms with E-state index >= 15 is 0 Å². The van der Waals surface area contributed by atoms with Gasteiger partial charge in [0.05, 0.1) is 0 Å². The molecule has 0 bridgehead atoms. The van der Waals surface area contributed by atoms with Gasteiger partial charge in [0.2, 0.25) is 5.82 Å². The van der Waals surface area contributed by atoms with Gasteiger partial charge >= 0.3 is 6.01 Å². The first-order valence-corrected chi connectivity index (χ1v) is 5.09. The largest absolute Gasteiger partial charge is 0.337 e. The fourth-order valence-electron chi connectivity index (χ4n) is 1.11. The van der Waals surface area contributed by atoms with Crippen molar-refractivity contribution in [2.75, 3.05) is 11.9 Å². The molecule has 0 aliphatic carbocycles. The highest BCUT2D eigenvalue weighted by Gasteiger charge is 2.08. The molecule has 0 saturated heterocycles. The van der Waals surface area contributed by atoms with E-state index < -0.39 is 0 Å². The van der Waals surface area contributed by atoms with Gasteiger partial charge in [-0.3, -0.25) is 0 Å². The Morgan fingerprint density at radius 2 is 2.31 bits per heavy atom. The molecule has 0 aliphatic heterocycles. The van der Waals surface area contributed by atoms with Crippen molar-refractivity contribution in [1.82, 2.24) is 20.1 Å². The lowest BCUT2D eigenvalue weighted by atomic mass is 10.2. The van der Waals surface area contributed by atoms with Crippen LogP contribution in [0.25, 0.3) is 11.5 Å². The lowest BCUT2D eigenvalue weighted by Gasteiger charge is -2.02. The summed E-state index contributed by atoms with van der Waals surface area (Å²) in [6, 6.07) is 2.15. The van der Waals surface area contributed by atoms with Gasteiger partial charge in [0, 0.05) is 12.7 Å². The third-order valence-electron chi connectivity index (χ3n) is 1.90. The summed E-state index contributed by atoms with van der Waals surface area (Å²) < 4.78 is 5.04. The smallest absolute Gasteiger partial charge is 0.321 e. The monoisotopic (exact) mass is 219 g/mol. The molecule has 2 rings (SSSR count). The van der Waals surface area contributed by atoms with Crippen LogP contribution in [0.3, 0.4) is 0 Å². The lowest BCUT2D eigenvalue weighted by molar-refractivity contribution is 0.429. The van der Waals surface area contributed by atoms with Crippen LogP contribution in [-0.4, -0.2) is 26.7 Å². The lowest BCUT2D eigenvalue weighted by Crippen LogP contribution is -2.07. The predicted octanol–water partition coefficient (Wildman–Crippen LogP) is 1.59. The minimum Gasteiger partial charge on any atom is -0.337 e. The zero-order chi connectivity index (χ0) is 11.4. The van der Waals surface area contributed by atoms with E-state index in [1.165, 1.54) is 6.33 Å². The maximum absolute atomic E-state index is 5.04. The van der Waals surface area contributed by atoms with Gasteiger partial charge in [0.1, 0.15) is 12.0 Å². The molecule has 0 amide bonds. The molecular weight excluding hydrogens is 206 g/mol. The Hall–Kier alpha value is -1.98. The molecule has 16 heavy (non-hydrogen) atoms. The quantitative estimate of drug-likeness (QED) is 0.841. The molecule has 2 aromatic rings. The first-order valence-electron chi connectivity index (χ1n) is 5.09. The van der Waals surface area contributed by atoms with Crippen LogP contribution in [0.1, 0.15) is 13.8 Å². The molecule has 0 saturated carbocycles. The molecule has 6 heteroatoms. The molecule has 2 aromatic heterocycles. The maximum atomic E-state index is 5.04. The first-order chi connectivity index (χ1) is 7.75. The van der Waals surface area contributed by atoms with E-state index in [0.29, 0.717) is 23.5 Å². The molecule has 0 atom stereocenters. The highest BCUT2D eigenvalue weighted by atomic mass is 16.5. The number of nitrogens with zero attached hydrogens (tertiary/aromatic N) is 4. The van der Waals surface area contributed by atoms with Gasteiger partial charge in [-0.1, -0.05) is 19.0 Å². The molecular formula is C10H13N5O. The van der Waals surface area contributed by atoms with E-state index in [1.54, 1.807) is 12.3 Å². The van der Waals surface area contributed by atoms with Gasteiger partial charge in [-0.25, -0.2) is 9.97 Å². The number of anilines is 1. The molecule has 0 spiro atoms. The molecule has 0 aliphatic rings. The van der Waals surface area contributed by atoms with Crippen LogP contribution in [0.2, 0.25) is 0 Å². The number of nitrogens with one attached hydrogen (secondary N) is 1. The minimum absolute atomic E-state index is 0.419. The zero-order valence-electron chi connectivity index (χ0n) is 9.21. The molecule has 6 nitrogen and oxygen atoms in total. The average molecular weight is 219 g/mol. The van der Waals surface area contributed by atoms with Gasteiger partial charge < -0.3 is 9.84 Å². The summed E-state index contributed by atoms with van der Waals surface area (Å²) in [4.78, 5) is 12.0. The Balaban J connectivity index is 2.08. The van der Waals surface area contributed by atoms with Crippen molar-refractivity contribution < 1.29 is 4.52 Å². The minimum atomic E-state index is 0.419. The van der Waals surface area contributed by atoms with Crippen LogP contribution in [0.5, 0.6) is 0 Å².